The van der Waals surface area contributed by atoms with Gasteiger partial charge in [-0.15, -0.1) is 0 Å². The molecule has 0 fully saturated rings. The van der Waals surface area contributed by atoms with Crippen molar-refractivity contribution in [1.29, 1.82) is 0 Å². The van der Waals surface area contributed by atoms with Gasteiger partial charge in [0.05, 0.1) is 0 Å². The molecule has 0 unspecified atom stereocenters. The molecule has 0 aliphatic rings. The van der Waals surface area contributed by atoms with Crippen LogP contribution in [0.4, 0.5) is 0 Å². The van der Waals surface area contributed by atoms with Crippen LogP contribution in [0.2, 0.25) is 0 Å². The Balaban J connectivity index is 3.58. The van der Waals surface area contributed by atoms with Crippen molar-refractivity contribution in [1.82, 2.24) is 5.32 Å². The van der Waals surface area contributed by atoms with E-state index < -0.39 is 0 Å². The van der Waals surface area contributed by atoms with Crippen molar-refractivity contribution in [3.63, 3.8) is 0 Å². The van der Waals surface area contributed by atoms with Gasteiger partial charge in [-0.1, -0.05) is 57.6 Å². The molecule has 0 atom stereocenters. The van der Waals surface area contributed by atoms with Crippen molar-refractivity contribution in [3.8, 4) is 0 Å². The SMILES string of the molecule is CCC/C=C\CC/C=C/C=C/C(=O)NCC(C)C. The number of unbranched alkanes of at least 4 members (excludes halogenated alkanes) is 2. The van der Waals surface area contributed by atoms with E-state index in [2.05, 4.69) is 44.3 Å². The maximum atomic E-state index is 11.3. The minimum atomic E-state index is -0.0174. The lowest BCUT2D eigenvalue weighted by Crippen LogP contribution is -2.25. The summed E-state index contributed by atoms with van der Waals surface area (Å²) in [5.74, 6) is 0.476. The lowest BCUT2D eigenvalue weighted by atomic mass is 10.2. The van der Waals surface area contributed by atoms with Crippen LogP contribution in [0.1, 0.15) is 46.5 Å². The molecule has 0 saturated heterocycles. The molecule has 0 spiro atoms. The Morgan fingerprint density at radius 3 is 2.39 bits per heavy atom. The third kappa shape index (κ3) is 12.8. The van der Waals surface area contributed by atoms with Gasteiger partial charge in [-0.05, 0) is 25.2 Å². The van der Waals surface area contributed by atoms with Crippen LogP contribution >= 0.6 is 0 Å². The summed E-state index contributed by atoms with van der Waals surface area (Å²) in [6, 6.07) is 0. The molecule has 2 heteroatoms. The van der Waals surface area contributed by atoms with Crippen LogP contribution in [0.3, 0.4) is 0 Å². The molecular formula is C16H27NO. The minimum Gasteiger partial charge on any atom is -0.352 e. The molecule has 0 aliphatic carbocycles. The van der Waals surface area contributed by atoms with Crippen molar-refractivity contribution >= 4 is 5.91 Å². The highest BCUT2D eigenvalue weighted by atomic mass is 16.1. The number of nitrogens with one attached hydrogen (secondary N) is 1. The first-order valence-electron chi connectivity index (χ1n) is 6.92. The summed E-state index contributed by atoms with van der Waals surface area (Å²) in [6.45, 7) is 7.07. The van der Waals surface area contributed by atoms with E-state index in [0.29, 0.717) is 5.92 Å². The van der Waals surface area contributed by atoms with Crippen LogP contribution < -0.4 is 5.32 Å². The van der Waals surface area contributed by atoms with Gasteiger partial charge in [0.25, 0.3) is 0 Å². The maximum Gasteiger partial charge on any atom is 0.243 e. The van der Waals surface area contributed by atoms with Crippen LogP contribution in [0.5, 0.6) is 0 Å². The highest BCUT2D eigenvalue weighted by molar-refractivity contribution is 5.87. The highest BCUT2D eigenvalue weighted by Crippen LogP contribution is 1.96. The van der Waals surface area contributed by atoms with E-state index in [1.807, 2.05) is 6.08 Å². The van der Waals surface area contributed by atoms with Gasteiger partial charge >= 0.3 is 0 Å². The first kappa shape index (κ1) is 16.7. The molecule has 0 rings (SSSR count). The Morgan fingerprint density at radius 1 is 1.06 bits per heavy atom. The maximum absolute atomic E-state index is 11.3. The van der Waals surface area contributed by atoms with Gasteiger partial charge < -0.3 is 5.32 Å². The predicted molar refractivity (Wildman–Crippen MR) is 79.4 cm³/mol. The summed E-state index contributed by atoms with van der Waals surface area (Å²) in [5.41, 5.74) is 0. The number of carbonyl (C=O) groups is 1. The molecule has 0 aromatic rings. The highest BCUT2D eigenvalue weighted by Gasteiger charge is 1.95. The zero-order valence-electron chi connectivity index (χ0n) is 12.0. The Bertz CT molecular complexity index is 287. The number of amides is 1. The van der Waals surface area contributed by atoms with Gasteiger partial charge in [-0.2, -0.15) is 0 Å². The van der Waals surface area contributed by atoms with Crippen molar-refractivity contribution in [3.05, 3.63) is 36.5 Å². The molecular weight excluding hydrogens is 222 g/mol. The average Bonchev–Trinajstić information content (AvgIpc) is 2.34. The summed E-state index contributed by atoms with van der Waals surface area (Å²) in [6.07, 6.45) is 16.3. The first-order chi connectivity index (χ1) is 8.66. The summed E-state index contributed by atoms with van der Waals surface area (Å²) >= 11 is 0. The quantitative estimate of drug-likeness (QED) is 0.284. The third-order valence-electron chi connectivity index (χ3n) is 2.30. The number of carbonyl (C=O) groups excluding carboxylic acids is 1. The van der Waals surface area contributed by atoms with E-state index in [0.717, 1.165) is 19.4 Å². The van der Waals surface area contributed by atoms with Crippen LogP contribution in [-0.4, -0.2) is 12.5 Å². The van der Waals surface area contributed by atoms with Gasteiger partial charge in [0.1, 0.15) is 0 Å². The van der Waals surface area contributed by atoms with Crippen LogP contribution in [0.25, 0.3) is 0 Å². The lowest BCUT2D eigenvalue weighted by Gasteiger charge is -2.03. The normalized spacial score (nSPS) is 12.2. The van der Waals surface area contributed by atoms with Crippen LogP contribution in [-0.2, 0) is 4.79 Å². The zero-order chi connectivity index (χ0) is 13.6. The molecule has 102 valence electrons. The molecule has 0 saturated carbocycles. The van der Waals surface area contributed by atoms with E-state index in [4.69, 9.17) is 0 Å². The Hall–Kier alpha value is -1.31. The largest absolute Gasteiger partial charge is 0.352 e. The molecule has 2 nitrogen and oxygen atoms in total. The predicted octanol–water partition coefficient (Wildman–Crippen LogP) is 4.01. The van der Waals surface area contributed by atoms with Crippen molar-refractivity contribution in [2.45, 2.75) is 46.5 Å². The molecule has 18 heavy (non-hydrogen) atoms. The van der Waals surface area contributed by atoms with Gasteiger partial charge in [0.2, 0.25) is 5.91 Å². The van der Waals surface area contributed by atoms with Crippen molar-refractivity contribution in [2.24, 2.45) is 5.92 Å². The van der Waals surface area contributed by atoms with Gasteiger partial charge in [-0.25, -0.2) is 0 Å². The third-order valence-corrected chi connectivity index (χ3v) is 2.30. The molecule has 1 N–H and O–H groups in total. The Labute approximate surface area is 112 Å². The van der Waals surface area contributed by atoms with Gasteiger partial charge in [0.15, 0.2) is 0 Å². The number of allylic oxidation sites excluding steroid dienone is 5. The monoisotopic (exact) mass is 249 g/mol. The Morgan fingerprint density at radius 2 is 1.72 bits per heavy atom. The molecule has 1 amide bonds. The molecule has 0 aliphatic heterocycles. The average molecular weight is 249 g/mol. The first-order valence-corrected chi connectivity index (χ1v) is 6.92. The van der Waals surface area contributed by atoms with Crippen LogP contribution in [0, 0.1) is 5.92 Å². The fourth-order valence-electron chi connectivity index (χ4n) is 1.28. The van der Waals surface area contributed by atoms with Crippen LogP contribution in [0.15, 0.2) is 36.5 Å². The summed E-state index contributed by atoms with van der Waals surface area (Å²) in [5, 5.41) is 2.84. The van der Waals surface area contributed by atoms with Gasteiger partial charge in [0, 0.05) is 12.6 Å². The van der Waals surface area contributed by atoms with E-state index in [1.54, 1.807) is 12.2 Å². The minimum absolute atomic E-state index is 0.0174. The Kier molecular flexibility index (Phi) is 11.3. The molecule has 0 aromatic heterocycles. The zero-order valence-corrected chi connectivity index (χ0v) is 12.0. The standard InChI is InChI=1S/C16H27NO/c1-4-5-6-7-8-9-10-11-12-13-16(18)17-14-15(2)3/h6-7,10-13,15H,4-5,8-9,14H2,1-3H3,(H,17,18)/b7-6-,11-10+,13-12+. The van der Waals surface area contributed by atoms with E-state index >= 15 is 0 Å². The summed E-state index contributed by atoms with van der Waals surface area (Å²) < 4.78 is 0. The fourth-order valence-corrected chi connectivity index (χ4v) is 1.28. The number of rotatable bonds is 9. The topological polar surface area (TPSA) is 29.1 Å². The lowest BCUT2D eigenvalue weighted by molar-refractivity contribution is -0.116. The number of hydrogen-bond acceptors (Lipinski definition) is 1. The van der Waals surface area contributed by atoms with E-state index in [1.165, 1.54) is 12.8 Å². The van der Waals surface area contributed by atoms with Crippen molar-refractivity contribution < 1.29 is 4.79 Å². The molecule has 0 bridgehead atoms. The fraction of sp³-hybridized carbons (Fsp3) is 0.562. The molecule has 0 aromatic carbocycles. The van der Waals surface area contributed by atoms with E-state index in [9.17, 15) is 4.79 Å². The smallest absolute Gasteiger partial charge is 0.243 e. The molecule has 0 radical (unpaired) electrons. The second-order valence-electron chi connectivity index (χ2n) is 4.76. The van der Waals surface area contributed by atoms with Crippen molar-refractivity contribution in [2.75, 3.05) is 6.54 Å². The van der Waals surface area contributed by atoms with E-state index in [-0.39, 0.29) is 5.91 Å². The van der Waals surface area contributed by atoms with Gasteiger partial charge in [-0.3, -0.25) is 4.79 Å². The second-order valence-corrected chi connectivity index (χ2v) is 4.76. The molecule has 0 heterocycles. The second kappa shape index (κ2) is 12.2. The summed E-state index contributed by atoms with van der Waals surface area (Å²) in [7, 11) is 0. The summed E-state index contributed by atoms with van der Waals surface area (Å²) in [4.78, 5) is 11.3. The number of hydrogen-bond donors (Lipinski definition) is 1.